The first-order valence-corrected chi connectivity index (χ1v) is 20.5. The Hall–Kier alpha value is -5.12. The number of hydrogen-bond acceptors (Lipinski definition) is 11. The molecule has 4 heterocycles. The first-order chi connectivity index (χ1) is 27.8. The average molecular weight is 820 g/mol. The van der Waals surface area contributed by atoms with Crippen molar-refractivity contribution < 1.29 is 37.9 Å². The Bertz CT molecular complexity index is 2170. The summed E-state index contributed by atoms with van der Waals surface area (Å²) in [5, 5.41) is 10.6. The summed E-state index contributed by atoms with van der Waals surface area (Å²) in [6.07, 6.45) is 1.93. The number of H-pyrrole nitrogens is 1. The second-order valence-corrected chi connectivity index (χ2v) is 15.7. The number of Topliss-reactive ketones (excluding diaryl/α,β-unsaturated/α-hetero) is 1. The fraction of sp³-hybridized carbons (Fsp3) is 0.500. The van der Waals surface area contributed by atoms with Crippen LogP contribution < -0.4 is 25.6 Å². The number of hydrogen-bond donors (Lipinski definition) is 4. The largest absolute Gasteiger partial charge is 0.465 e. The molecule has 0 aliphatic carbocycles. The van der Waals surface area contributed by atoms with Crippen LogP contribution in [-0.2, 0) is 14.3 Å². The second kappa shape index (κ2) is 18.6. The van der Waals surface area contributed by atoms with E-state index in [0.717, 1.165) is 18.5 Å². The molecule has 6 rings (SSSR count). The Labute approximate surface area is 343 Å². The zero-order valence-electron chi connectivity index (χ0n) is 34.1. The number of nitrogens with one attached hydrogen (secondary N) is 4. The van der Waals surface area contributed by atoms with Crippen molar-refractivity contribution in [3.63, 3.8) is 0 Å². The van der Waals surface area contributed by atoms with Crippen LogP contribution in [0.2, 0.25) is 0 Å². The minimum Gasteiger partial charge on any atom is -0.465 e. The highest BCUT2D eigenvalue weighted by Gasteiger charge is 2.39. The lowest BCUT2D eigenvalue weighted by Gasteiger charge is -2.31. The Kier molecular flexibility index (Phi) is 13.7. The van der Waals surface area contributed by atoms with Gasteiger partial charge in [-0.15, -0.1) is 11.6 Å². The third-order valence-corrected chi connectivity index (χ3v) is 11.3. The number of nitrogens with zero attached hydrogens (tertiary/aromatic N) is 3. The van der Waals surface area contributed by atoms with Gasteiger partial charge in [-0.05, 0) is 56.1 Å². The number of benzene rings is 2. The summed E-state index contributed by atoms with van der Waals surface area (Å²) in [5.41, 5.74) is 3.62. The number of halogens is 1. The average Bonchev–Trinajstić information content (AvgIpc) is 3.90. The first kappa shape index (κ1) is 42.5. The maximum atomic E-state index is 14.4. The van der Waals surface area contributed by atoms with Crippen molar-refractivity contribution in [1.82, 2.24) is 25.4 Å². The van der Waals surface area contributed by atoms with Crippen LogP contribution in [-0.4, -0.2) is 116 Å². The Balaban J connectivity index is 1.21. The molecule has 2 aromatic carbocycles. The summed E-state index contributed by atoms with van der Waals surface area (Å²) in [4.78, 5) is 74.6. The lowest BCUT2D eigenvalue weighted by molar-refractivity contribution is -0.123. The Morgan fingerprint density at radius 1 is 1.05 bits per heavy atom. The highest BCUT2D eigenvalue weighted by Crippen LogP contribution is 2.48. The summed E-state index contributed by atoms with van der Waals surface area (Å²) in [6.45, 7) is 10.9. The highest BCUT2D eigenvalue weighted by molar-refractivity contribution is 6.20. The number of amides is 3. The Morgan fingerprint density at radius 3 is 2.50 bits per heavy atom. The van der Waals surface area contributed by atoms with Crippen LogP contribution in [0.3, 0.4) is 0 Å². The van der Waals surface area contributed by atoms with Crippen LogP contribution in [0.25, 0.3) is 21.9 Å². The number of fused-ring (bicyclic) bond motifs is 4. The zero-order valence-corrected chi connectivity index (χ0v) is 34.8. The molecule has 15 nitrogen and oxygen atoms in total. The summed E-state index contributed by atoms with van der Waals surface area (Å²) in [7, 11) is 3.30. The number of aromatic nitrogens is 1. The molecule has 0 unspecified atom stereocenters. The van der Waals surface area contributed by atoms with Crippen LogP contribution in [0.4, 0.5) is 16.2 Å². The molecule has 0 radical (unpaired) electrons. The van der Waals surface area contributed by atoms with Gasteiger partial charge in [0, 0.05) is 92.1 Å². The van der Waals surface area contributed by atoms with E-state index >= 15 is 0 Å². The van der Waals surface area contributed by atoms with Crippen molar-refractivity contribution in [3.05, 3.63) is 52.9 Å². The molecule has 4 aromatic rings. The van der Waals surface area contributed by atoms with Gasteiger partial charge in [0.05, 0.1) is 36.6 Å². The number of carbonyl (C=O) groups is 5. The fourth-order valence-corrected chi connectivity index (χ4v) is 7.97. The van der Waals surface area contributed by atoms with Gasteiger partial charge in [-0.1, -0.05) is 27.2 Å². The normalized spacial score (nSPS) is 16.2. The maximum Gasteiger partial charge on any atom is 0.415 e. The van der Waals surface area contributed by atoms with E-state index in [9.17, 15) is 24.0 Å². The van der Waals surface area contributed by atoms with Crippen LogP contribution >= 0.6 is 11.6 Å². The smallest absolute Gasteiger partial charge is 0.415 e. The number of furan rings is 1. The number of rotatable bonds is 16. The summed E-state index contributed by atoms with van der Waals surface area (Å²) < 4.78 is 17.3. The van der Waals surface area contributed by atoms with Crippen molar-refractivity contribution in [2.75, 3.05) is 76.2 Å². The number of ether oxygens (including phenoxy) is 2. The first-order valence-electron chi connectivity index (χ1n) is 20.0. The van der Waals surface area contributed by atoms with Gasteiger partial charge in [-0.2, -0.15) is 0 Å². The van der Waals surface area contributed by atoms with Gasteiger partial charge in [0.15, 0.2) is 17.3 Å². The second-order valence-electron chi connectivity index (χ2n) is 15.4. The van der Waals surface area contributed by atoms with E-state index in [1.165, 1.54) is 7.11 Å². The molecule has 1 saturated heterocycles. The van der Waals surface area contributed by atoms with Crippen LogP contribution in [0.15, 0.2) is 34.7 Å². The van der Waals surface area contributed by atoms with Crippen molar-refractivity contribution in [2.45, 2.75) is 65.3 Å². The molecule has 0 saturated carbocycles. The number of carbonyl (C=O) groups excluding carboxylic acids is 5. The van der Waals surface area contributed by atoms with E-state index in [1.807, 2.05) is 40.0 Å². The van der Waals surface area contributed by atoms with Crippen LogP contribution in [0.1, 0.15) is 84.5 Å². The van der Waals surface area contributed by atoms with Gasteiger partial charge >= 0.3 is 12.1 Å². The standard InChI is InChI=1S/C42H54ClN7O8/c1-7-8-9-34(52)44-13-12-30(51)38(24(2)3)46-23-45-28-10-11-31-26(18-28)19-33(57-31)40(53)50-22-27(21-43)36-29(50)20-32(58-42(55)49-16-14-48(5)15-17-49)39-37(36)35(25(4)47-39)41(54)56-6/h10-11,18-20,24,27,38,45-47H,7-9,12-17,21-23H2,1-6H3,(H,44,52)/t27-,38+/m1/s1. The highest BCUT2D eigenvalue weighted by atomic mass is 35.5. The fourth-order valence-electron chi connectivity index (χ4n) is 7.71. The predicted molar refractivity (Wildman–Crippen MR) is 223 cm³/mol. The van der Waals surface area contributed by atoms with Gasteiger partial charge in [0.1, 0.15) is 5.58 Å². The minimum atomic E-state index is -0.571. The molecule has 2 aliphatic heterocycles. The number of anilines is 2. The molecule has 0 bridgehead atoms. The molecule has 312 valence electrons. The summed E-state index contributed by atoms with van der Waals surface area (Å²) >= 11 is 6.56. The van der Waals surface area contributed by atoms with Crippen molar-refractivity contribution in [1.29, 1.82) is 0 Å². The molecular weight excluding hydrogens is 766 g/mol. The topological polar surface area (TPSA) is 179 Å². The van der Waals surface area contributed by atoms with E-state index in [0.29, 0.717) is 84.6 Å². The molecular formula is C42H54ClN7O8. The van der Waals surface area contributed by atoms with Crippen LogP contribution in [0, 0.1) is 12.8 Å². The van der Waals surface area contributed by atoms with Crippen molar-refractivity contribution >= 4 is 74.5 Å². The van der Waals surface area contributed by atoms with E-state index in [-0.39, 0.29) is 59.4 Å². The lowest BCUT2D eigenvalue weighted by Crippen LogP contribution is -2.48. The van der Waals surface area contributed by atoms with Gasteiger partial charge < -0.3 is 44.2 Å². The Morgan fingerprint density at radius 2 is 1.81 bits per heavy atom. The molecule has 2 atom stereocenters. The maximum absolute atomic E-state index is 14.4. The molecule has 0 spiro atoms. The molecule has 16 heteroatoms. The third kappa shape index (κ3) is 9.11. The number of unbranched alkanes of at least 4 members (excludes halogenated alkanes) is 1. The molecule has 1 fully saturated rings. The van der Waals surface area contributed by atoms with Gasteiger partial charge in [-0.25, -0.2) is 9.59 Å². The monoisotopic (exact) mass is 819 g/mol. The number of methoxy groups -OCH3 is 1. The third-order valence-electron chi connectivity index (χ3n) is 10.9. The number of aryl methyl sites for hydroxylation is 1. The summed E-state index contributed by atoms with van der Waals surface area (Å²) in [6, 6.07) is 8.38. The lowest BCUT2D eigenvalue weighted by atomic mass is 9.95. The molecule has 3 amide bonds. The van der Waals surface area contributed by atoms with E-state index in [4.69, 9.17) is 25.5 Å². The van der Waals surface area contributed by atoms with Crippen LogP contribution in [0.5, 0.6) is 5.75 Å². The number of aromatic amines is 1. The quantitative estimate of drug-likeness (QED) is 0.0593. The van der Waals surface area contributed by atoms with E-state index in [2.05, 4.69) is 25.8 Å². The number of piperazine rings is 1. The van der Waals surface area contributed by atoms with Gasteiger partial charge in [0.2, 0.25) is 5.91 Å². The molecule has 2 aliphatic rings. The number of likely N-dealkylation sites (N-methyl/N-ethyl adjacent to an activating group) is 1. The summed E-state index contributed by atoms with van der Waals surface area (Å²) in [5.74, 6) is -0.917. The van der Waals surface area contributed by atoms with Gasteiger partial charge in [-0.3, -0.25) is 19.7 Å². The van der Waals surface area contributed by atoms with Crippen molar-refractivity contribution in [2.24, 2.45) is 5.92 Å². The van der Waals surface area contributed by atoms with Crippen molar-refractivity contribution in [3.8, 4) is 5.75 Å². The zero-order chi connectivity index (χ0) is 41.7. The molecule has 2 aromatic heterocycles. The molecule has 4 N–H and O–H groups in total. The minimum absolute atomic E-state index is 0.0233. The van der Waals surface area contributed by atoms with E-state index < -0.39 is 24.0 Å². The SMILES string of the molecule is CCCCC(=O)NCCC(=O)[C@@H](NCNc1ccc2oc(C(=O)N3C[C@@H](CCl)c4c3cc(OC(=O)N3CCN(C)CC3)c3[nH]c(C)c(C(=O)OC)c43)cc2c1)C(C)C. The van der Waals surface area contributed by atoms with Gasteiger partial charge in [0.25, 0.3) is 5.91 Å². The van der Waals surface area contributed by atoms with E-state index in [1.54, 1.807) is 34.9 Å². The number of alkyl halides is 1. The predicted octanol–water partition coefficient (Wildman–Crippen LogP) is 5.99. The number of esters is 1. The molecule has 58 heavy (non-hydrogen) atoms. The number of ketones is 1.